The van der Waals surface area contributed by atoms with Crippen LogP contribution < -0.4 is 5.32 Å². The van der Waals surface area contributed by atoms with Crippen molar-refractivity contribution in [2.24, 2.45) is 5.92 Å². The van der Waals surface area contributed by atoms with Gasteiger partial charge in [0.2, 0.25) is 11.8 Å². The molecule has 1 saturated heterocycles. The summed E-state index contributed by atoms with van der Waals surface area (Å²) in [5.41, 5.74) is 0.991. The van der Waals surface area contributed by atoms with E-state index < -0.39 is 24.4 Å². The summed E-state index contributed by atoms with van der Waals surface area (Å²) < 4.78 is 5.01. The maximum atomic E-state index is 12.3. The van der Waals surface area contributed by atoms with E-state index in [2.05, 4.69) is 5.32 Å². The van der Waals surface area contributed by atoms with Crippen LogP contribution in [-0.2, 0) is 23.9 Å². The third-order valence-corrected chi connectivity index (χ3v) is 4.52. The van der Waals surface area contributed by atoms with Crippen molar-refractivity contribution in [2.45, 2.75) is 19.4 Å². The number of carbonyl (C=O) groups excluding carboxylic acids is 4. The van der Waals surface area contributed by atoms with E-state index in [1.807, 2.05) is 37.3 Å². The molecular weight excluding hydrogens is 350 g/mol. The van der Waals surface area contributed by atoms with Gasteiger partial charge in [0.25, 0.3) is 5.91 Å². The van der Waals surface area contributed by atoms with Gasteiger partial charge in [-0.15, -0.1) is 0 Å². The lowest BCUT2D eigenvalue weighted by Gasteiger charge is -2.25. The van der Waals surface area contributed by atoms with Gasteiger partial charge in [0, 0.05) is 27.1 Å². The summed E-state index contributed by atoms with van der Waals surface area (Å²) in [6.07, 6.45) is 0.0662. The number of ether oxygens (including phenoxy) is 1. The second-order valence-corrected chi connectivity index (χ2v) is 6.71. The highest BCUT2D eigenvalue weighted by Crippen LogP contribution is 2.28. The molecule has 2 rings (SSSR count). The van der Waals surface area contributed by atoms with Gasteiger partial charge in [0.05, 0.1) is 18.5 Å². The van der Waals surface area contributed by atoms with Crippen molar-refractivity contribution in [3.63, 3.8) is 0 Å². The first-order valence-electron chi connectivity index (χ1n) is 8.77. The predicted octanol–water partition coefficient (Wildman–Crippen LogP) is 0.344. The van der Waals surface area contributed by atoms with Crippen LogP contribution >= 0.6 is 0 Å². The van der Waals surface area contributed by atoms with Crippen molar-refractivity contribution in [3.8, 4) is 0 Å². The fourth-order valence-corrected chi connectivity index (χ4v) is 2.81. The monoisotopic (exact) mass is 375 g/mol. The average Bonchev–Trinajstić information content (AvgIpc) is 3.05. The van der Waals surface area contributed by atoms with Crippen molar-refractivity contribution >= 4 is 23.7 Å². The van der Waals surface area contributed by atoms with Gasteiger partial charge in [-0.1, -0.05) is 30.3 Å². The van der Waals surface area contributed by atoms with Gasteiger partial charge < -0.3 is 19.9 Å². The number of likely N-dealkylation sites (tertiary alicyclic amines) is 1. The molecule has 0 bridgehead atoms. The molecular formula is C19H25N3O5. The molecule has 8 nitrogen and oxygen atoms in total. The summed E-state index contributed by atoms with van der Waals surface area (Å²) in [7, 11) is 3.15. The molecule has 0 saturated carbocycles. The summed E-state index contributed by atoms with van der Waals surface area (Å²) in [5, 5.41) is 2.38. The maximum Gasteiger partial charge on any atom is 0.311 e. The Morgan fingerprint density at radius 3 is 2.56 bits per heavy atom. The van der Waals surface area contributed by atoms with Crippen molar-refractivity contribution in [2.75, 3.05) is 33.8 Å². The van der Waals surface area contributed by atoms with Crippen LogP contribution in [0.15, 0.2) is 30.3 Å². The number of carbonyl (C=O) groups is 4. The Morgan fingerprint density at radius 1 is 1.26 bits per heavy atom. The predicted molar refractivity (Wildman–Crippen MR) is 97.3 cm³/mol. The second-order valence-electron chi connectivity index (χ2n) is 6.71. The second kappa shape index (κ2) is 9.16. The molecule has 0 aliphatic carbocycles. The van der Waals surface area contributed by atoms with E-state index in [-0.39, 0.29) is 37.4 Å². The Kier molecular flexibility index (Phi) is 6.92. The van der Waals surface area contributed by atoms with Crippen LogP contribution in [0.4, 0.5) is 0 Å². The first-order valence-corrected chi connectivity index (χ1v) is 8.77. The van der Waals surface area contributed by atoms with Crippen LogP contribution in [-0.4, -0.2) is 67.3 Å². The zero-order valence-corrected chi connectivity index (χ0v) is 15.8. The molecule has 8 heteroatoms. The van der Waals surface area contributed by atoms with Gasteiger partial charge in [0.15, 0.2) is 6.61 Å². The number of nitrogens with one attached hydrogen (secondary N) is 1. The van der Waals surface area contributed by atoms with Gasteiger partial charge in [0.1, 0.15) is 0 Å². The molecule has 1 aromatic carbocycles. The normalized spacial score (nSPS) is 17.4. The standard InChI is InChI=1S/C19H25N3O5/c1-13(14-7-5-4-6-8-14)22-11-15(9-17(22)24)19(26)27-12-16(23)20-10-18(25)21(2)3/h4-8,13,15H,9-12H2,1-3H3,(H,20,23)/t13-,15+/m1/s1. The van der Waals surface area contributed by atoms with Gasteiger partial charge in [-0.25, -0.2) is 0 Å². The number of likely N-dealkylation sites (N-methyl/N-ethyl adjacent to an activating group) is 1. The minimum atomic E-state index is -0.597. The SMILES string of the molecule is C[C@H](c1ccccc1)N1C[C@@H](C(=O)OCC(=O)NCC(=O)N(C)C)CC1=O. The molecule has 1 heterocycles. The van der Waals surface area contributed by atoms with Crippen LogP contribution in [0.25, 0.3) is 0 Å². The molecule has 0 aromatic heterocycles. The molecule has 1 fully saturated rings. The van der Waals surface area contributed by atoms with Crippen LogP contribution in [0.1, 0.15) is 24.9 Å². The molecule has 1 aliphatic heterocycles. The Balaban J connectivity index is 1.81. The number of hydrogen-bond donors (Lipinski definition) is 1. The quantitative estimate of drug-likeness (QED) is 0.694. The fraction of sp³-hybridized carbons (Fsp3) is 0.474. The molecule has 1 aromatic rings. The summed E-state index contributed by atoms with van der Waals surface area (Å²) >= 11 is 0. The Labute approximate surface area is 158 Å². The number of esters is 1. The molecule has 0 radical (unpaired) electrons. The summed E-state index contributed by atoms with van der Waals surface area (Å²) in [4.78, 5) is 50.5. The molecule has 146 valence electrons. The highest BCUT2D eigenvalue weighted by Gasteiger charge is 2.38. The smallest absolute Gasteiger partial charge is 0.311 e. The summed E-state index contributed by atoms with van der Waals surface area (Å²) in [5.74, 6) is -2.12. The van der Waals surface area contributed by atoms with E-state index in [0.717, 1.165) is 5.56 Å². The third kappa shape index (κ3) is 5.54. The Bertz CT molecular complexity index is 705. The van der Waals surface area contributed by atoms with Gasteiger partial charge >= 0.3 is 5.97 Å². The minimum Gasteiger partial charge on any atom is -0.455 e. The van der Waals surface area contributed by atoms with Crippen molar-refractivity contribution < 1.29 is 23.9 Å². The highest BCUT2D eigenvalue weighted by atomic mass is 16.5. The molecule has 1 N–H and O–H groups in total. The third-order valence-electron chi connectivity index (χ3n) is 4.52. The van der Waals surface area contributed by atoms with Crippen LogP contribution in [0.3, 0.4) is 0 Å². The van der Waals surface area contributed by atoms with E-state index in [4.69, 9.17) is 4.74 Å². The first kappa shape index (κ1) is 20.4. The summed E-state index contributed by atoms with van der Waals surface area (Å²) in [6.45, 7) is 1.54. The molecule has 3 amide bonds. The zero-order valence-electron chi connectivity index (χ0n) is 15.8. The largest absolute Gasteiger partial charge is 0.455 e. The van der Waals surface area contributed by atoms with Gasteiger partial charge in [-0.05, 0) is 12.5 Å². The topological polar surface area (TPSA) is 96.0 Å². The minimum absolute atomic E-state index is 0.0662. The Morgan fingerprint density at radius 2 is 1.93 bits per heavy atom. The van der Waals surface area contributed by atoms with Gasteiger partial charge in [-0.2, -0.15) is 0 Å². The lowest BCUT2D eigenvalue weighted by molar-refractivity contribution is -0.152. The van der Waals surface area contributed by atoms with Crippen LogP contribution in [0, 0.1) is 5.92 Å². The molecule has 0 unspecified atom stereocenters. The number of nitrogens with zero attached hydrogens (tertiary/aromatic N) is 2. The van der Waals surface area contributed by atoms with E-state index in [0.29, 0.717) is 0 Å². The van der Waals surface area contributed by atoms with Crippen LogP contribution in [0.5, 0.6) is 0 Å². The zero-order chi connectivity index (χ0) is 20.0. The Hall–Kier alpha value is -2.90. The highest BCUT2D eigenvalue weighted by molar-refractivity contribution is 5.89. The maximum absolute atomic E-state index is 12.3. The van der Waals surface area contributed by atoms with Crippen LogP contribution in [0.2, 0.25) is 0 Å². The van der Waals surface area contributed by atoms with Gasteiger partial charge in [-0.3, -0.25) is 19.2 Å². The average molecular weight is 375 g/mol. The molecule has 0 spiro atoms. The van der Waals surface area contributed by atoms with Crippen molar-refractivity contribution in [1.82, 2.24) is 15.1 Å². The van der Waals surface area contributed by atoms with E-state index >= 15 is 0 Å². The van der Waals surface area contributed by atoms with E-state index in [9.17, 15) is 19.2 Å². The molecule has 2 atom stereocenters. The first-order chi connectivity index (χ1) is 12.8. The molecule has 1 aliphatic rings. The number of rotatable bonds is 7. The van der Waals surface area contributed by atoms with E-state index in [1.54, 1.807) is 19.0 Å². The fourth-order valence-electron chi connectivity index (χ4n) is 2.81. The van der Waals surface area contributed by atoms with Crippen molar-refractivity contribution in [1.29, 1.82) is 0 Å². The van der Waals surface area contributed by atoms with E-state index in [1.165, 1.54) is 4.90 Å². The number of amides is 3. The number of benzene rings is 1. The van der Waals surface area contributed by atoms with Crippen molar-refractivity contribution in [3.05, 3.63) is 35.9 Å². The lowest BCUT2D eigenvalue weighted by atomic mass is 10.1. The lowest BCUT2D eigenvalue weighted by Crippen LogP contribution is -2.38. The summed E-state index contributed by atoms with van der Waals surface area (Å²) in [6, 6.07) is 9.43. The number of hydrogen-bond acceptors (Lipinski definition) is 5. The molecule has 27 heavy (non-hydrogen) atoms.